The Morgan fingerprint density at radius 3 is 2.43 bits per heavy atom. The molecule has 0 fully saturated rings. The smallest absolute Gasteiger partial charge is 0.335 e. The lowest BCUT2D eigenvalue weighted by Gasteiger charge is -2.10. The fourth-order valence-electron chi connectivity index (χ4n) is 1.59. The van der Waals surface area contributed by atoms with Crippen molar-refractivity contribution in [3.8, 4) is 5.75 Å². The second kappa shape index (κ2) is 6.52. The molecule has 2 aromatic rings. The second-order valence-corrected chi connectivity index (χ2v) is 5.32. The van der Waals surface area contributed by atoms with Crippen LogP contribution >= 0.6 is 34.8 Å². The molecule has 2 rings (SSSR count). The normalized spacial score (nSPS) is 10.5. The van der Waals surface area contributed by atoms with Gasteiger partial charge in [-0.1, -0.05) is 34.8 Å². The highest BCUT2D eigenvalue weighted by atomic mass is 35.5. The Bertz CT molecular complexity index is 704. The van der Waals surface area contributed by atoms with Gasteiger partial charge in [-0.3, -0.25) is 0 Å². The van der Waals surface area contributed by atoms with E-state index in [-0.39, 0.29) is 38.6 Å². The lowest BCUT2D eigenvalue weighted by Crippen LogP contribution is -2.03. The standard InChI is InChI=1S/C14H8Cl3FO3/c15-9-4-11(17)13(5-10(9)16)21-6-8-3-7(14(19)20)1-2-12(8)18/h1-5H,6H2,(H,19,20). The monoisotopic (exact) mass is 348 g/mol. The lowest BCUT2D eigenvalue weighted by atomic mass is 10.1. The summed E-state index contributed by atoms with van der Waals surface area (Å²) in [6, 6.07) is 6.25. The van der Waals surface area contributed by atoms with Crippen LogP contribution in [0.3, 0.4) is 0 Å². The minimum Gasteiger partial charge on any atom is -0.487 e. The molecule has 0 aromatic heterocycles. The third-order valence-electron chi connectivity index (χ3n) is 2.65. The van der Waals surface area contributed by atoms with Crippen LogP contribution in [-0.2, 0) is 6.61 Å². The van der Waals surface area contributed by atoms with Gasteiger partial charge in [0.05, 0.1) is 20.6 Å². The van der Waals surface area contributed by atoms with Crippen molar-refractivity contribution in [2.45, 2.75) is 6.61 Å². The quantitative estimate of drug-likeness (QED) is 0.785. The van der Waals surface area contributed by atoms with Gasteiger partial charge in [-0.05, 0) is 24.3 Å². The van der Waals surface area contributed by atoms with E-state index in [1.54, 1.807) is 0 Å². The Morgan fingerprint density at radius 1 is 1.10 bits per heavy atom. The summed E-state index contributed by atoms with van der Waals surface area (Å²) in [4.78, 5) is 10.9. The first kappa shape index (κ1) is 15.9. The lowest BCUT2D eigenvalue weighted by molar-refractivity contribution is 0.0696. The molecular weight excluding hydrogens is 342 g/mol. The van der Waals surface area contributed by atoms with Crippen LogP contribution in [0.15, 0.2) is 30.3 Å². The molecule has 21 heavy (non-hydrogen) atoms. The van der Waals surface area contributed by atoms with Crippen molar-refractivity contribution in [2.24, 2.45) is 0 Å². The maximum Gasteiger partial charge on any atom is 0.335 e. The molecule has 3 nitrogen and oxygen atoms in total. The van der Waals surface area contributed by atoms with Gasteiger partial charge in [0.25, 0.3) is 0 Å². The highest BCUT2D eigenvalue weighted by molar-refractivity contribution is 6.43. The molecule has 0 spiro atoms. The van der Waals surface area contributed by atoms with Crippen LogP contribution in [0.2, 0.25) is 15.1 Å². The van der Waals surface area contributed by atoms with Gasteiger partial charge in [0.2, 0.25) is 0 Å². The number of carboxylic acid groups (broad SMARTS) is 1. The molecule has 0 heterocycles. The molecule has 0 saturated heterocycles. The van der Waals surface area contributed by atoms with Gasteiger partial charge in [-0.15, -0.1) is 0 Å². The summed E-state index contributed by atoms with van der Waals surface area (Å²) >= 11 is 17.6. The molecule has 0 saturated carbocycles. The van der Waals surface area contributed by atoms with E-state index in [0.29, 0.717) is 0 Å². The first-order chi connectivity index (χ1) is 9.88. The number of rotatable bonds is 4. The van der Waals surface area contributed by atoms with Gasteiger partial charge < -0.3 is 9.84 Å². The van der Waals surface area contributed by atoms with E-state index in [0.717, 1.165) is 6.07 Å². The van der Waals surface area contributed by atoms with Crippen molar-refractivity contribution in [2.75, 3.05) is 0 Å². The third kappa shape index (κ3) is 3.79. The van der Waals surface area contributed by atoms with Crippen molar-refractivity contribution < 1.29 is 19.0 Å². The van der Waals surface area contributed by atoms with Gasteiger partial charge in [0, 0.05) is 11.6 Å². The second-order valence-electron chi connectivity index (χ2n) is 4.10. The van der Waals surface area contributed by atoms with Crippen LogP contribution < -0.4 is 4.74 Å². The van der Waals surface area contributed by atoms with Gasteiger partial charge in [-0.2, -0.15) is 0 Å². The van der Waals surface area contributed by atoms with E-state index < -0.39 is 11.8 Å². The van der Waals surface area contributed by atoms with E-state index >= 15 is 0 Å². The number of benzene rings is 2. The van der Waals surface area contributed by atoms with Crippen molar-refractivity contribution >= 4 is 40.8 Å². The Balaban J connectivity index is 2.22. The van der Waals surface area contributed by atoms with Crippen molar-refractivity contribution in [1.82, 2.24) is 0 Å². The predicted molar refractivity (Wildman–Crippen MR) is 79.2 cm³/mol. The number of hydrogen-bond donors (Lipinski definition) is 1. The van der Waals surface area contributed by atoms with Gasteiger partial charge >= 0.3 is 5.97 Å². The number of halogens is 4. The molecule has 0 amide bonds. The maximum absolute atomic E-state index is 13.6. The molecule has 0 aliphatic heterocycles. The molecule has 0 aliphatic carbocycles. The minimum absolute atomic E-state index is 0.0322. The van der Waals surface area contributed by atoms with E-state index in [2.05, 4.69) is 0 Å². The summed E-state index contributed by atoms with van der Waals surface area (Å²) in [6.45, 7) is -0.190. The largest absolute Gasteiger partial charge is 0.487 e. The first-order valence-corrected chi connectivity index (χ1v) is 6.81. The van der Waals surface area contributed by atoms with E-state index in [9.17, 15) is 9.18 Å². The van der Waals surface area contributed by atoms with Crippen molar-refractivity contribution in [3.05, 3.63) is 62.3 Å². The van der Waals surface area contributed by atoms with Gasteiger partial charge in [0.1, 0.15) is 18.2 Å². The molecule has 0 aliphatic rings. The molecule has 1 N–H and O–H groups in total. The van der Waals surface area contributed by atoms with Crippen molar-refractivity contribution in [3.63, 3.8) is 0 Å². The molecule has 0 radical (unpaired) electrons. The van der Waals surface area contributed by atoms with Crippen LogP contribution in [0, 0.1) is 5.82 Å². The summed E-state index contributed by atoms with van der Waals surface area (Å²) < 4.78 is 19.0. The molecule has 0 atom stereocenters. The first-order valence-electron chi connectivity index (χ1n) is 5.67. The molecule has 2 aromatic carbocycles. The topological polar surface area (TPSA) is 46.5 Å². The minimum atomic E-state index is -1.15. The average Bonchev–Trinajstić information content (AvgIpc) is 2.42. The Labute approximate surface area is 134 Å². The summed E-state index contributed by atoms with van der Waals surface area (Å²) in [6.07, 6.45) is 0. The molecule has 0 unspecified atom stereocenters. The molecular formula is C14H8Cl3FO3. The highest BCUT2D eigenvalue weighted by Crippen LogP contribution is 2.34. The van der Waals surface area contributed by atoms with Crippen LogP contribution in [0.25, 0.3) is 0 Å². The Kier molecular flexibility index (Phi) is 4.93. The van der Waals surface area contributed by atoms with E-state index in [1.165, 1.54) is 24.3 Å². The van der Waals surface area contributed by atoms with Gasteiger partial charge in [-0.25, -0.2) is 9.18 Å². The van der Waals surface area contributed by atoms with Crippen molar-refractivity contribution in [1.29, 1.82) is 0 Å². The Hall–Kier alpha value is -1.49. The zero-order valence-corrected chi connectivity index (χ0v) is 12.6. The molecule has 110 valence electrons. The van der Waals surface area contributed by atoms with Gasteiger partial charge in [0.15, 0.2) is 0 Å². The van der Waals surface area contributed by atoms with E-state index in [4.69, 9.17) is 44.6 Å². The SMILES string of the molecule is O=C(O)c1ccc(F)c(COc2cc(Cl)c(Cl)cc2Cl)c1. The third-order valence-corrected chi connectivity index (χ3v) is 3.67. The summed E-state index contributed by atoms with van der Waals surface area (Å²) in [5.41, 5.74) is 0.0623. The molecule has 0 bridgehead atoms. The zero-order chi connectivity index (χ0) is 15.6. The maximum atomic E-state index is 13.6. The van der Waals surface area contributed by atoms with Crippen LogP contribution in [0.1, 0.15) is 15.9 Å². The Morgan fingerprint density at radius 2 is 1.76 bits per heavy atom. The number of carbonyl (C=O) groups is 1. The van der Waals surface area contributed by atoms with Crippen LogP contribution in [0.5, 0.6) is 5.75 Å². The fourth-order valence-corrected chi connectivity index (χ4v) is 2.18. The number of hydrogen-bond acceptors (Lipinski definition) is 2. The summed E-state index contributed by atoms with van der Waals surface area (Å²) in [5.74, 6) is -1.49. The highest BCUT2D eigenvalue weighted by Gasteiger charge is 2.11. The van der Waals surface area contributed by atoms with Crippen LogP contribution in [-0.4, -0.2) is 11.1 Å². The average molecular weight is 350 g/mol. The summed E-state index contributed by atoms with van der Waals surface area (Å²) in [5, 5.41) is 9.62. The zero-order valence-electron chi connectivity index (χ0n) is 10.4. The predicted octanol–water partition coefficient (Wildman–Crippen LogP) is 5.06. The summed E-state index contributed by atoms with van der Waals surface area (Å²) in [7, 11) is 0. The molecule has 7 heteroatoms. The number of aromatic carboxylic acids is 1. The number of carboxylic acids is 1. The number of ether oxygens (including phenoxy) is 1. The van der Waals surface area contributed by atoms with E-state index in [1.807, 2.05) is 0 Å². The fraction of sp³-hybridized carbons (Fsp3) is 0.0714. The van der Waals surface area contributed by atoms with Crippen LogP contribution in [0.4, 0.5) is 4.39 Å².